The van der Waals surface area contributed by atoms with E-state index in [4.69, 9.17) is 4.42 Å². The van der Waals surface area contributed by atoms with Gasteiger partial charge in [-0.25, -0.2) is 4.39 Å². The van der Waals surface area contributed by atoms with Crippen LogP contribution in [0.4, 0.5) is 4.39 Å². The summed E-state index contributed by atoms with van der Waals surface area (Å²) in [4.78, 5) is 16.3. The van der Waals surface area contributed by atoms with Crippen molar-refractivity contribution in [1.82, 2.24) is 10.3 Å². The molecule has 0 spiro atoms. The molecule has 0 bridgehead atoms. The van der Waals surface area contributed by atoms with E-state index in [0.29, 0.717) is 10.9 Å². The van der Waals surface area contributed by atoms with Gasteiger partial charge in [-0.05, 0) is 37.6 Å². The molecule has 0 aliphatic carbocycles. The standard InChI is InChI=1S/C17H15FN2O2/c1-10-13-4-3-5-14(18)16(13)22-15(10)17(21)20-11(2)12-6-8-19-9-7-12/h3-9,11H,1-2H3,(H,20,21)/t11-/m0/s1. The average molecular weight is 298 g/mol. The fourth-order valence-electron chi connectivity index (χ4n) is 2.42. The molecule has 2 aromatic heterocycles. The summed E-state index contributed by atoms with van der Waals surface area (Å²) in [6, 6.07) is 8.11. The van der Waals surface area contributed by atoms with Crippen molar-refractivity contribution < 1.29 is 13.6 Å². The van der Waals surface area contributed by atoms with Crippen LogP contribution >= 0.6 is 0 Å². The molecule has 0 saturated carbocycles. The summed E-state index contributed by atoms with van der Waals surface area (Å²) in [5.74, 6) is -0.694. The molecule has 1 amide bonds. The van der Waals surface area contributed by atoms with Crippen molar-refractivity contribution in [3.8, 4) is 0 Å². The number of pyridine rings is 1. The predicted octanol–water partition coefficient (Wildman–Crippen LogP) is 3.77. The highest BCUT2D eigenvalue weighted by Crippen LogP contribution is 2.27. The van der Waals surface area contributed by atoms with E-state index in [0.717, 1.165) is 5.56 Å². The summed E-state index contributed by atoms with van der Waals surface area (Å²) in [6.07, 6.45) is 3.33. The molecular weight excluding hydrogens is 283 g/mol. The number of hydrogen-bond acceptors (Lipinski definition) is 3. The average Bonchev–Trinajstić information content (AvgIpc) is 2.87. The zero-order chi connectivity index (χ0) is 15.7. The lowest BCUT2D eigenvalue weighted by Gasteiger charge is -2.13. The summed E-state index contributed by atoms with van der Waals surface area (Å²) >= 11 is 0. The van der Waals surface area contributed by atoms with Crippen molar-refractivity contribution in [2.24, 2.45) is 0 Å². The molecule has 4 nitrogen and oxygen atoms in total. The van der Waals surface area contributed by atoms with Crippen LogP contribution in [0.25, 0.3) is 11.0 Å². The van der Waals surface area contributed by atoms with Gasteiger partial charge in [-0.3, -0.25) is 9.78 Å². The highest BCUT2D eigenvalue weighted by atomic mass is 19.1. The minimum Gasteiger partial charge on any atom is -0.448 e. The molecule has 0 fully saturated rings. The SMILES string of the molecule is Cc1c(C(=O)N[C@@H](C)c2ccncc2)oc2c(F)cccc12. The molecule has 3 aromatic rings. The fourth-order valence-corrected chi connectivity index (χ4v) is 2.42. The second-order valence-corrected chi connectivity index (χ2v) is 5.15. The number of carbonyl (C=O) groups is 1. The summed E-state index contributed by atoms with van der Waals surface area (Å²) in [6.45, 7) is 3.61. The van der Waals surface area contributed by atoms with Crippen molar-refractivity contribution in [3.05, 3.63) is 65.4 Å². The Kier molecular flexibility index (Phi) is 3.63. The zero-order valence-corrected chi connectivity index (χ0v) is 12.3. The van der Waals surface area contributed by atoms with Crippen LogP contribution < -0.4 is 5.32 Å². The molecule has 0 unspecified atom stereocenters. The minimum absolute atomic E-state index is 0.113. The number of aromatic nitrogens is 1. The van der Waals surface area contributed by atoms with Crippen LogP contribution in [0, 0.1) is 12.7 Å². The Morgan fingerprint density at radius 1 is 1.27 bits per heavy atom. The Morgan fingerprint density at radius 3 is 2.68 bits per heavy atom. The molecule has 0 aliphatic heterocycles. The molecule has 3 rings (SSSR count). The van der Waals surface area contributed by atoms with E-state index in [-0.39, 0.29) is 23.3 Å². The largest absolute Gasteiger partial charge is 0.448 e. The number of para-hydroxylation sites is 1. The lowest BCUT2D eigenvalue weighted by Crippen LogP contribution is -2.26. The van der Waals surface area contributed by atoms with E-state index in [2.05, 4.69) is 10.3 Å². The summed E-state index contributed by atoms with van der Waals surface area (Å²) < 4.78 is 19.2. The van der Waals surface area contributed by atoms with Crippen LogP contribution in [0.1, 0.15) is 34.6 Å². The maximum atomic E-state index is 13.7. The summed E-state index contributed by atoms with van der Waals surface area (Å²) in [5.41, 5.74) is 1.68. The third-order valence-electron chi connectivity index (χ3n) is 3.68. The first-order chi connectivity index (χ1) is 10.6. The van der Waals surface area contributed by atoms with Gasteiger partial charge in [0.25, 0.3) is 5.91 Å². The Morgan fingerprint density at radius 2 is 2.00 bits per heavy atom. The van der Waals surface area contributed by atoms with Crippen LogP contribution in [0.2, 0.25) is 0 Å². The first kappa shape index (κ1) is 14.3. The molecule has 22 heavy (non-hydrogen) atoms. The van der Waals surface area contributed by atoms with Crippen molar-refractivity contribution in [3.63, 3.8) is 0 Å². The van der Waals surface area contributed by atoms with Gasteiger partial charge in [-0.15, -0.1) is 0 Å². The van der Waals surface area contributed by atoms with Crippen molar-refractivity contribution >= 4 is 16.9 Å². The van der Waals surface area contributed by atoms with Gasteiger partial charge in [0, 0.05) is 23.3 Å². The third kappa shape index (κ3) is 2.45. The number of halogens is 1. The first-order valence-electron chi connectivity index (χ1n) is 6.96. The van der Waals surface area contributed by atoms with Gasteiger partial charge >= 0.3 is 0 Å². The van der Waals surface area contributed by atoms with Crippen LogP contribution in [0.5, 0.6) is 0 Å². The van der Waals surface area contributed by atoms with Crippen LogP contribution in [0.15, 0.2) is 47.1 Å². The van der Waals surface area contributed by atoms with E-state index in [1.165, 1.54) is 6.07 Å². The highest BCUT2D eigenvalue weighted by Gasteiger charge is 2.21. The molecule has 1 atom stereocenters. The van der Waals surface area contributed by atoms with Crippen LogP contribution in [-0.2, 0) is 0 Å². The van der Waals surface area contributed by atoms with Crippen molar-refractivity contribution in [2.45, 2.75) is 19.9 Å². The smallest absolute Gasteiger partial charge is 0.287 e. The Balaban J connectivity index is 1.90. The molecule has 5 heteroatoms. The first-order valence-corrected chi connectivity index (χ1v) is 6.96. The second kappa shape index (κ2) is 5.60. The minimum atomic E-state index is -0.471. The predicted molar refractivity (Wildman–Crippen MR) is 81.0 cm³/mol. The normalized spacial score (nSPS) is 12.3. The van der Waals surface area contributed by atoms with Gasteiger partial charge in [0.05, 0.1) is 6.04 Å². The number of fused-ring (bicyclic) bond motifs is 1. The molecule has 0 saturated heterocycles. The highest BCUT2D eigenvalue weighted by molar-refractivity contribution is 5.99. The van der Waals surface area contributed by atoms with Crippen molar-refractivity contribution in [1.29, 1.82) is 0 Å². The number of hydrogen-bond donors (Lipinski definition) is 1. The Hall–Kier alpha value is -2.69. The second-order valence-electron chi connectivity index (χ2n) is 5.15. The number of amides is 1. The number of furan rings is 1. The molecule has 0 aliphatic rings. The molecule has 1 N–H and O–H groups in total. The van der Waals surface area contributed by atoms with Crippen LogP contribution in [0.3, 0.4) is 0 Å². The maximum Gasteiger partial charge on any atom is 0.287 e. The maximum absolute atomic E-state index is 13.7. The van der Waals surface area contributed by atoms with Gasteiger partial charge < -0.3 is 9.73 Å². The quantitative estimate of drug-likeness (QED) is 0.801. The Labute approximate surface area is 127 Å². The summed E-state index contributed by atoms with van der Waals surface area (Å²) in [5, 5.41) is 3.46. The van der Waals surface area contributed by atoms with Gasteiger partial charge in [0.2, 0.25) is 0 Å². The molecule has 112 valence electrons. The van der Waals surface area contributed by atoms with Gasteiger partial charge in [-0.1, -0.05) is 12.1 Å². The topological polar surface area (TPSA) is 55.1 Å². The lowest BCUT2D eigenvalue weighted by atomic mass is 10.1. The Bertz CT molecular complexity index is 827. The fraction of sp³-hybridized carbons (Fsp3) is 0.176. The zero-order valence-electron chi connectivity index (χ0n) is 12.3. The van der Waals surface area contributed by atoms with E-state index >= 15 is 0 Å². The van der Waals surface area contributed by atoms with Gasteiger partial charge in [0.1, 0.15) is 0 Å². The number of carbonyl (C=O) groups excluding carboxylic acids is 1. The molecule has 1 aromatic carbocycles. The van der Waals surface area contributed by atoms with Gasteiger partial charge in [-0.2, -0.15) is 0 Å². The van der Waals surface area contributed by atoms with E-state index in [1.807, 2.05) is 19.1 Å². The number of benzene rings is 1. The van der Waals surface area contributed by atoms with Crippen molar-refractivity contribution in [2.75, 3.05) is 0 Å². The van der Waals surface area contributed by atoms with E-state index in [9.17, 15) is 9.18 Å². The number of aryl methyl sites for hydroxylation is 1. The molecule has 0 radical (unpaired) electrons. The molecule has 2 heterocycles. The third-order valence-corrected chi connectivity index (χ3v) is 3.68. The number of nitrogens with one attached hydrogen (secondary N) is 1. The number of nitrogens with zero attached hydrogens (tertiary/aromatic N) is 1. The van der Waals surface area contributed by atoms with E-state index in [1.54, 1.807) is 31.5 Å². The number of rotatable bonds is 3. The van der Waals surface area contributed by atoms with Gasteiger partial charge in [0.15, 0.2) is 17.2 Å². The van der Waals surface area contributed by atoms with Crippen LogP contribution in [-0.4, -0.2) is 10.9 Å². The van der Waals surface area contributed by atoms with E-state index < -0.39 is 5.82 Å². The molecular formula is C17H15FN2O2. The summed E-state index contributed by atoms with van der Waals surface area (Å²) in [7, 11) is 0. The lowest BCUT2D eigenvalue weighted by molar-refractivity contribution is 0.0913. The monoisotopic (exact) mass is 298 g/mol.